The third-order valence-corrected chi connectivity index (χ3v) is 1.63. The van der Waals surface area contributed by atoms with Crippen molar-refractivity contribution in [3.05, 3.63) is 0 Å². The van der Waals surface area contributed by atoms with Gasteiger partial charge in [0.1, 0.15) is 6.61 Å². The summed E-state index contributed by atoms with van der Waals surface area (Å²) in [5.41, 5.74) is 0. The van der Waals surface area contributed by atoms with Gasteiger partial charge in [-0.05, 0) is 0 Å². The highest BCUT2D eigenvalue weighted by atomic mass is 19.4. The highest BCUT2D eigenvalue weighted by molar-refractivity contribution is 4.70. The average Bonchev–Trinajstić information content (AvgIpc) is 2.12. The van der Waals surface area contributed by atoms with Gasteiger partial charge in [0.2, 0.25) is 0 Å². The van der Waals surface area contributed by atoms with Gasteiger partial charge in [0.25, 0.3) is 0 Å². The van der Waals surface area contributed by atoms with Gasteiger partial charge in [0.15, 0.2) is 6.10 Å². The number of ether oxygens (including phenoxy) is 2. The van der Waals surface area contributed by atoms with E-state index in [1.165, 1.54) is 0 Å². The van der Waals surface area contributed by atoms with Crippen LogP contribution in [0.15, 0.2) is 0 Å². The van der Waals surface area contributed by atoms with E-state index in [1.54, 1.807) is 0 Å². The average molecular weight is 290 g/mol. The van der Waals surface area contributed by atoms with Crippen molar-refractivity contribution in [2.24, 2.45) is 0 Å². The Morgan fingerprint density at radius 1 is 0.944 bits per heavy atom. The van der Waals surface area contributed by atoms with Crippen LogP contribution in [0.5, 0.6) is 0 Å². The predicted octanol–water partition coefficient (Wildman–Crippen LogP) is 3.52. The van der Waals surface area contributed by atoms with E-state index in [9.17, 15) is 35.1 Å². The zero-order chi connectivity index (χ0) is 14.6. The molecule has 1 unspecified atom stereocenters. The molecular weight excluding hydrogens is 280 g/mol. The topological polar surface area (TPSA) is 18.5 Å². The Kier molecular flexibility index (Phi) is 5.79. The molecule has 0 saturated heterocycles. The van der Waals surface area contributed by atoms with Crippen LogP contribution in [0.2, 0.25) is 0 Å². The lowest BCUT2D eigenvalue weighted by molar-refractivity contribution is -0.335. The molecule has 0 N–H and O–H groups in total. The molecule has 0 amide bonds. The summed E-state index contributed by atoms with van der Waals surface area (Å²) in [6.45, 7) is -2.76. The summed E-state index contributed by atoms with van der Waals surface area (Å²) in [4.78, 5) is 0. The van der Waals surface area contributed by atoms with Crippen molar-refractivity contribution in [3.63, 3.8) is 0 Å². The number of halogens is 8. The first-order valence-electron chi connectivity index (χ1n) is 4.64. The maximum Gasteiger partial charge on any atom is 0.417 e. The first-order chi connectivity index (χ1) is 7.87. The van der Waals surface area contributed by atoms with E-state index in [1.807, 2.05) is 0 Å². The predicted molar refractivity (Wildman–Crippen MR) is 43.0 cm³/mol. The number of hydrogen-bond donors (Lipinski definition) is 0. The monoisotopic (exact) mass is 290 g/mol. The maximum absolute atomic E-state index is 12.6. The lowest BCUT2D eigenvalue weighted by Crippen LogP contribution is -2.42. The van der Waals surface area contributed by atoms with E-state index < -0.39 is 44.2 Å². The normalized spacial score (nSPS) is 15.8. The van der Waals surface area contributed by atoms with Gasteiger partial charge in [-0.25, -0.2) is 0 Å². The van der Waals surface area contributed by atoms with E-state index in [0.29, 0.717) is 0 Å². The largest absolute Gasteiger partial charge is 0.417 e. The smallest absolute Gasteiger partial charge is 0.369 e. The van der Waals surface area contributed by atoms with E-state index in [0.717, 1.165) is 6.92 Å². The van der Waals surface area contributed by atoms with Gasteiger partial charge >= 0.3 is 18.5 Å². The summed E-state index contributed by atoms with van der Waals surface area (Å²) >= 11 is 0. The Bertz CT molecular complexity index is 246. The molecule has 0 aliphatic heterocycles. The molecule has 0 heterocycles. The first-order valence-corrected chi connectivity index (χ1v) is 4.64. The van der Waals surface area contributed by atoms with Crippen LogP contribution in [-0.4, -0.2) is 37.8 Å². The van der Waals surface area contributed by atoms with Crippen LogP contribution in [0.1, 0.15) is 13.3 Å². The third kappa shape index (κ3) is 7.64. The second-order valence-corrected chi connectivity index (χ2v) is 3.27. The number of alkyl halides is 8. The highest BCUT2D eigenvalue weighted by Gasteiger charge is 2.47. The van der Waals surface area contributed by atoms with Gasteiger partial charge in [-0.2, -0.15) is 35.1 Å². The Hall–Kier alpha value is -0.640. The summed E-state index contributed by atoms with van der Waals surface area (Å²) in [5.74, 6) is 0. The minimum absolute atomic E-state index is 0.865. The van der Waals surface area contributed by atoms with E-state index in [-0.39, 0.29) is 0 Å². The third-order valence-electron chi connectivity index (χ3n) is 1.63. The Labute approximate surface area is 96.8 Å². The fourth-order valence-corrected chi connectivity index (χ4v) is 0.768. The van der Waals surface area contributed by atoms with Gasteiger partial charge in [0, 0.05) is 6.42 Å². The molecule has 18 heavy (non-hydrogen) atoms. The van der Waals surface area contributed by atoms with E-state index in [4.69, 9.17) is 0 Å². The Morgan fingerprint density at radius 3 is 1.78 bits per heavy atom. The molecule has 0 aromatic rings. The molecule has 1 atom stereocenters. The zero-order valence-electron chi connectivity index (χ0n) is 9.04. The van der Waals surface area contributed by atoms with Crippen molar-refractivity contribution in [1.82, 2.24) is 0 Å². The molecule has 110 valence electrons. The van der Waals surface area contributed by atoms with Crippen molar-refractivity contribution in [2.45, 2.75) is 37.9 Å². The minimum Gasteiger partial charge on any atom is -0.369 e. The van der Waals surface area contributed by atoms with Crippen LogP contribution in [0.4, 0.5) is 35.1 Å². The minimum atomic E-state index is -5.25. The fourth-order valence-electron chi connectivity index (χ4n) is 0.768. The van der Waals surface area contributed by atoms with Crippen molar-refractivity contribution < 1.29 is 44.6 Å². The summed E-state index contributed by atoms with van der Waals surface area (Å²) in [6, 6.07) is 0. The van der Waals surface area contributed by atoms with Crippen LogP contribution in [0.3, 0.4) is 0 Å². The van der Waals surface area contributed by atoms with Gasteiger partial charge < -0.3 is 9.47 Å². The summed E-state index contributed by atoms with van der Waals surface area (Å²) in [6.07, 6.45) is -18.3. The zero-order valence-corrected chi connectivity index (χ0v) is 9.04. The van der Waals surface area contributed by atoms with Crippen LogP contribution >= 0.6 is 0 Å². The maximum atomic E-state index is 12.6. The molecule has 0 aliphatic carbocycles. The summed E-state index contributed by atoms with van der Waals surface area (Å²) < 4.78 is 104. The molecule has 0 saturated carbocycles. The molecule has 0 radical (unpaired) electrons. The lowest BCUT2D eigenvalue weighted by Gasteiger charge is -2.25. The summed E-state index contributed by atoms with van der Waals surface area (Å²) in [7, 11) is 0. The first kappa shape index (κ1) is 17.4. The van der Waals surface area contributed by atoms with Gasteiger partial charge in [-0.3, -0.25) is 0 Å². The van der Waals surface area contributed by atoms with Crippen molar-refractivity contribution >= 4 is 0 Å². The van der Waals surface area contributed by atoms with Crippen molar-refractivity contribution in [3.8, 4) is 0 Å². The second-order valence-electron chi connectivity index (χ2n) is 3.27. The van der Waals surface area contributed by atoms with E-state index >= 15 is 0 Å². The van der Waals surface area contributed by atoms with Crippen LogP contribution in [-0.2, 0) is 9.47 Å². The standard InChI is InChI=1S/C8H10F8O2/c1-2-7(12,13)18-5(8(14,15)16)3-17-4-6(9,10)11/h5H,2-4H2,1H3. The van der Waals surface area contributed by atoms with Crippen molar-refractivity contribution in [2.75, 3.05) is 13.2 Å². The molecular formula is C8H10F8O2. The fraction of sp³-hybridized carbons (Fsp3) is 1.00. The highest BCUT2D eigenvalue weighted by Crippen LogP contribution is 2.30. The molecule has 0 bridgehead atoms. The molecule has 0 aromatic heterocycles. The van der Waals surface area contributed by atoms with Crippen LogP contribution in [0, 0.1) is 0 Å². The summed E-state index contributed by atoms with van der Waals surface area (Å²) in [5, 5.41) is 0. The van der Waals surface area contributed by atoms with Crippen LogP contribution < -0.4 is 0 Å². The quantitative estimate of drug-likeness (QED) is 0.697. The van der Waals surface area contributed by atoms with Gasteiger partial charge in [-0.1, -0.05) is 6.92 Å². The number of hydrogen-bond acceptors (Lipinski definition) is 2. The SMILES string of the molecule is CCC(F)(F)OC(COCC(F)(F)F)C(F)(F)F. The lowest BCUT2D eigenvalue weighted by atomic mass is 10.3. The number of rotatable bonds is 6. The molecule has 2 nitrogen and oxygen atoms in total. The van der Waals surface area contributed by atoms with Crippen molar-refractivity contribution in [1.29, 1.82) is 0 Å². The van der Waals surface area contributed by atoms with Gasteiger partial charge in [-0.15, -0.1) is 0 Å². The van der Waals surface area contributed by atoms with E-state index in [2.05, 4.69) is 9.47 Å². The second kappa shape index (κ2) is 6.00. The molecule has 0 spiro atoms. The Balaban J connectivity index is 4.44. The molecule has 0 aromatic carbocycles. The molecule has 10 heteroatoms. The van der Waals surface area contributed by atoms with Crippen LogP contribution in [0.25, 0.3) is 0 Å². The molecule has 0 fully saturated rings. The molecule has 0 rings (SSSR count). The Morgan fingerprint density at radius 2 is 1.44 bits per heavy atom. The van der Waals surface area contributed by atoms with Gasteiger partial charge in [0.05, 0.1) is 6.61 Å². The molecule has 0 aliphatic rings.